The van der Waals surface area contributed by atoms with Crippen LogP contribution in [0.3, 0.4) is 0 Å². The van der Waals surface area contributed by atoms with E-state index in [-0.39, 0.29) is 0 Å². The van der Waals surface area contributed by atoms with E-state index in [1.165, 1.54) is 69.3 Å². The molecule has 0 aromatic heterocycles. The van der Waals surface area contributed by atoms with Crippen molar-refractivity contribution < 1.29 is 0 Å². The van der Waals surface area contributed by atoms with Crippen LogP contribution in [0.5, 0.6) is 0 Å². The number of fused-ring (bicyclic) bond motifs is 1. The van der Waals surface area contributed by atoms with Crippen LogP contribution in [0.25, 0.3) is 0 Å². The maximum Gasteiger partial charge on any atom is 0.0399 e. The van der Waals surface area contributed by atoms with Crippen molar-refractivity contribution in [1.82, 2.24) is 0 Å². The summed E-state index contributed by atoms with van der Waals surface area (Å²) in [6.07, 6.45) is 9.36. The highest BCUT2D eigenvalue weighted by Crippen LogP contribution is 2.39. The van der Waals surface area contributed by atoms with Gasteiger partial charge in [-0.15, -0.1) is 0 Å². The zero-order chi connectivity index (χ0) is 13.1. The number of nitrogens with two attached hydrogens (primary N) is 1. The summed E-state index contributed by atoms with van der Waals surface area (Å²) < 4.78 is 0. The van der Waals surface area contributed by atoms with Gasteiger partial charge in [-0.1, -0.05) is 37.5 Å². The molecule has 0 unspecified atom stereocenters. The maximum absolute atomic E-state index is 6.10. The van der Waals surface area contributed by atoms with E-state index in [0.29, 0.717) is 5.41 Å². The Hall–Kier alpha value is -1.02. The van der Waals surface area contributed by atoms with E-state index in [4.69, 9.17) is 5.73 Å². The molecule has 1 aromatic carbocycles. The van der Waals surface area contributed by atoms with Crippen LogP contribution in [0.15, 0.2) is 24.3 Å². The molecule has 0 amide bonds. The first kappa shape index (κ1) is 13.0. The third-order valence-electron chi connectivity index (χ3n) is 5.24. The molecule has 1 saturated carbocycles. The molecule has 104 valence electrons. The van der Waals surface area contributed by atoms with Crippen molar-refractivity contribution >= 4 is 5.69 Å². The molecule has 19 heavy (non-hydrogen) atoms. The lowest BCUT2D eigenvalue weighted by atomic mass is 9.72. The normalized spacial score (nSPS) is 21.4. The SMILES string of the molecule is NCC1(CCN2CCc3ccccc32)CCCCC1. The molecule has 1 aliphatic carbocycles. The van der Waals surface area contributed by atoms with E-state index in [9.17, 15) is 0 Å². The Kier molecular flexibility index (Phi) is 3.79. The first-order valence-corrected chi connectivity index (χ1v) is 7.86. The minimum atomic E-state index is 0.440. The van der Waals surface area contributed by atoms with Crippen LogP contribution < -0.4 is 10.6 Å². The fraction of sp³-hybridized carbons (Fsp3) is 0.647. The molecule has 1 heterocycles. The molecule has 3 rings (SSSR count). The van der Waals surface area contributed by atoms with Crippen LogP contribution in [0.4, 0.5) is 5.69 Å². The first-order chi connectivity index (χ1) is 9.33. The number of nitrogens with zero attached hydrogens (tertiary/aromatic N) is 1. The van der Waals surface area contributed by atoms with Crippen molar-refractivity contribution in [3.63, 3.8) is 0 Å². The van der Waals surface area contributed by atoms with Gasteiger partial charge in [0.05, 0.1) is 0 Å². The molecular weight excluding hydrogens is 232 g/mol. The molecule has 2 aliphatic rings. The lowest BCUT2D eigenvalue weighted by Gasteiger charge is -2.37. The summed E-state index contributed by atoms with van der Waals surface area (Å²) in [5.41, 5.74) is 9.52. The molecule has 0 radical (unpaired) electrons. The molecule has 1 fully saturated rings. The maximum atomic E-state index is 6.10. The monoisotopic (exact) mass is 258 g/mol. The lowest BCUT2D eigenvalue weighted by molar-refractivity contribution is 0.185. The third-order valence-corrected chi connectivity index (χ3v) is 5.24. The summed E-state index contributed by atoms with van der Waals surface area (Å²) in [5.74, 6) is 0. The second-order valence-electron chi connectivity index (χ2n) is 6.38. The molecule has 0 atom stereocenters. The van der Waals surface area contributed by atoms with Gasteiger partial charge in [-0.25, -0.2) is 0 Å². The van der Waals surface area contributed by atoms with E-state index >= 15 is 0 Å². The zero-order valence-corrected chi connectivity index (χ0v) is 11.9. The first-order valence-electron chi connectivity index (χ1n) is 7.86. The van der Waals surface area contributed by atoms with Crippen molar-refractivity contribution in [3.05, 3.63) is 29.8 Å². The highest BCUT2D eigenvalue weighted by molar-refractivity contribution is 5.57. The van der Waals surface area contributed by atoms with Crippen LogP contribution in [0.1, 0.15) is 44.1 Å². The summed E-state index contributed by atoms with van der Waals surface area (Å²) >= 11 is 0. The van der Waals surface area contributed by atoms with Gasteiger partial charge < -0.3 is 10.6 Å². The fourth-order valence-corrected chi connectivity index (χ4v) is 3.87. The fourth-order valence-electron chi connectivity index (χ4n) is 3.87. The Morgan fingerprint density at radius 3 is 2.68 bits per heavy atom. The van der Waals surface area contributed by atoms with Gasteiger partial charge in [-0.3, -0.25) is 0 Å². The summed E-state index contributed by atoms with van der Waals surface area (Å²) in [6.45, 7) is 3.26. The van der Waals surface area contributed by atoms with Crippen LogP contribution in [-0.2, 0) is 6.42 Å². The molecule has 1 aliphatic heterocycles. The second-order valence-corrected chi connectivity index (χ2v) is 6.38. The predicted octanol–water partition coefficient (Wildman–Crippen LogP) is 3.35. The van der Waals surface area contributed by atoms with Crippen LogP contribution in [-0.4, -0.2) is 19.6 Å². The second kappa shape index (κ2) is 5.54. The van der Waals surface area contributed by atoms with Gasteiger partial charge in [0, 0.05) is 18.8 Å². The molecule has 2 nitrogen and oxygen atoms in total. The van der Waals surface area contributed by atoms with E-state index in [2.05, 4.69) is 29.2 Å². The largest absolute Gasteiger partial charge is 0.371 e. The molecule has 1 aromatic rings. The van der Waals surface area contributed by atoms with Crippen molar-refractivity contribution in [1.29, 1.82) is 0 Å². The summed E-state index contributed by atoms with van der Waals surface area (Å²) in [4.78, 5) is 2.57. The quantitative estimate of drug-likeness (QED) is 0.897. The van der Waals surface area contributed by atoms with Gasteiger partial charge in [-0.05, 0) is 49.3 Å². The predicted molar refractivity (Wildman–Crippen MR) is 81.5 cm³/mol. The van der Waals surface area contributed by atoms with Crippen LogP contribution >= 0.6 is 0 Å². The van der Waals surface area contributed by atoms with Crippen molar-refractivity contribution in [2.24, 2.45) is 11.1 Å². The minimum Gasteiger partial charge on any atom is -0.371 e. The van der Waals surface area contributed by atoms with Gasteiger partial charge in [-0.2, -0.15) is 0 Å². The Morgan fingerprint density at radius 1 is 1.11 bits per heavy atom. The van der Waals surface area contributed by atoms with Crippen LogP contribution in [0.2, 0.25) is 0 Å². The minimum absolute atomic E-state index is 0.440. The van der Waals surface area contributed by atoms with Gasteiger partial charge in [0.1, 0.15) is 0 Å². The Morgan fingerprint density at radius 2 is 1.89 bits per heavy atom. The van der Waals surface area contributed by atoms with Gasteiger partial charge in [0.2, 0.25) is 0 Å². The Labute approximate surface area is 117 Å². The number of para-hydroxylation sites is 1. The topological polar surface area (TPSA) is 29.3 Å². The molecule has 0 bridgehead atoms. The lowest BCUT2D eigenvalue weighted by Crippen LogP contribution is -2.36. The average Bonchev–Trinajstić information content (AvgIpc) is 2.89. The van der Waals surface area contributed by atoms with Crippen LogP contribution in [0, 0.1) is 5.41 Å². The van der Waals surface area contributed by atoms with Crippen molar-refractivity contribution in [2.75, 3.05) is 24.5 Å². The number of hydrogen-bond donors (Lipinski definition) is 1. The average molecular weight is 258 g/mol. The number of hydrogen-bond acceptors (Lipinski definition) is 2. The van der Waals surface area contributed by atoms with E-state index < -0.39 is 0 Å². The van der Waals surface area contributed by atoms with Gasteiger partial charge >= 0.3 is 0 Å². The van der Waals surface area contributed by atoms with Crippen molar-refractivity contribution in [2.45, 2.75) is 44.9 Å². The summed E-state index contributed by atoms with van der Waals surface area (Å²) in [5, 5.41) is 0. The summed E-state index contributed by atoms with van der Waals surface area (Å²) in [6, 6.07) is 8.87. The van der Waals surface area contributed by atoms with E-state index in [1.54, 1.807) is 0 Å². The third kappa shape index (κ3) is 2.64. The smallest absolute Gasteiger partial charge is 0.0399 e. The molecule has 2 heteroatoms. The van der Waals surface area contributed by atoms with Gasteiger partial charge in [0.15, 0.2) is 0 Å². The van der Waals surface area contributed by atoms with E-state index in [1.807, 2.05) is 0 Å². The number of rotatable bonds is 4. The van der Waals surface area contributed by atoms with Crippen molar-refractivity contribution in [3.8, 4) is 0 Å². The highest BCUT2D eigenvalue weighted by Gasteiger charge is 2.31. The summed E-state index contributed by atoms with van der Waals surface area (Å²) in [7, 11) is 0. The molecule has 0 spiro atoms. The van der Waals surface area contributed by atoms with E-state index in [0.717, 1.165) is 6.54 Å². The molecular formula is C17H26N2. The zero-order valence-electron chi connectivity index (χ0n) is 11.9. The molecule has 2 N–H and O–H groups in total. The number of anilines is 1. The number of benzene rings is 1. The Balaban J connectivity index is 1.63. The molecule has 0 saturated heterocycles. The highest BCUT2D eigenvalue weighted by atomic mass is 15.1. The van der Waals surface area contributed by atoms with Gasteiger partial charge in [0.25, 0.3) is 0 Å². The standard InChI is InChI=1S/C17H26N2/c18-14-17(9-4-1-5-10-17)11-13-19-12-8-15-6-2-3-7-16(15)19/h2-3,6-7H,1,4-5,8-14,18H2. The Bertz CT molecular complexity index is 421.